The Labute approximate surface area is 165 Å². The van der Waals surface area contributed by atoms with Crippen LogP contribution in [0.2, 0.25) is 0 Å². The first-order valence-corrected chi connectivity index (χ1v) is 10.6. The molecule has 2 rings (SSSR count). The number of amides is 1. The summed E-state index contributed by atoms with van der Waals surface area (Å²) in [6.45, 7) is 5.34. The molecule has 0 aliphatic carbocycles. The van der Waals surface area contributed by atoms with Crippen molar-refractivity contribution in [3.8, 4) is 0 Å². The number of rotatable bonds is 7. The van der Waals surface area contributed by atoms with Gasteiger partial charge in [0.25, 0.3) is 5.91 Å². The maximum absolute atomic E-state index is 13.0. The Kier molecular flexibility index (Phi) is 6.90. The van der Waals surface area contributed by atoms with Crippen molar-refractivity contribution in [2.45, 2.75) is 26.7 Å². The fraction of sp³-hybridized carbons (Fsp3) is 0.300. The van der Waals surface area contributed by atoms with Crippen molar-refractivity contribution in [2.75, 3.05) is 17.1 Å². The molecule has 0 radical (unpaired) electrons. The average molecular weight is 405 g/mol. The van der Waals surface area contributed by atoms with Crippen LogP contribution in [0.4, 0.5) is 10.1 Å². The van der Waals surface area contributed by atoms with E-state index in [9.17, 15) is 17.6 Å². The van der Waals surface area contributed by atoms with Gasteiger partial charge in [-0.3, -0.25) is 9.10 Å². The van der Waals surface area contributed by atoms with E-state index in [2.05, 4.69) is 10.5 Å². The third-order valence-corrected chi connectivity index (χ3v) is 5.29. The molecule has 6 nitrogen and oxygen atoms in total. The number of carbonyl (C=O) groups excluding carboxylic acids is 1. The van der Waals surface area contributed by atoms with Crippen molar-refractivity contribution in [2.24, 2.45) is 5.10 Å². The number of halogens is 1. The molecule has 0 bridgehead atoms. The molecule has 0 spiro atoms. The summed E-state index contributed by atoms with van der Waals surface area (Å²) in [7, 11) is -3.66. The van der Waals surface area contributed by atoms with Gasteiger partial charge in [0.05, 0.1) is 17.7 Å². The summed E-state index contributed by atoms with van der Waals surface area (Å²) in [6, 6.07) is 12.7. The van der Waals surface area contributed by atoms with E-state index in [4.69, 9.17) is 0 Å². The smallest absolute Gasteiger partial charge is 0.260 e. The second-order valence-electron chi connectivity index (χ2n) is 6.75. The lowest BCUT2D eigenvalue weighted by Gasteiger charge is -2.22. The topological polar surface area (TPSA) is 78.8 Å². The maximum atomic E-state index is 13.0. The SMILES string of the molecule is C/C(=N/NC(=O)CN(c1ccc(C(C)C)cc1)S(C)(=O)=O)c1ccc(F)cc1. The zero-order valence-corrected chi connectivity index (χ0v) is 17.1. The molecule has 0 aliphatic heterocycles. The molecule has 0 atom stereocenters. The van der Waals surface area contributed by atoms with E-state index >= 15 is 0 Å². The Morgan fingerprint density at radius 1 is 1.11 bits per heavy atom. The number of nitrogens with zero attached hydrogens (tertiary/aromatic N) is 2. The molecule has 0 aliphatic rings. The van der Waals surface area contributed by atoms with Crippen molar-refractivity contribution in [3.63, 3.8) is 0 Å². The molecule has 0 heterocycles. The van der Waals surface area contributed by atoms with Crippen molar-refractivity contribution in [1.29, 1.82) is 0 Å². The quantitative estimate of drug-likeness (QED) is 0.567. The molecule has 0 fully saturated rings. The molecular formula is C20H24FN3O3S. The summed E-state index contributed by atoms with van der Waals surface area (Å²) in [5, 5.41) is 3.96. The van der Waals surface area contributed by atoms with Crippen LogP contribution in [0, 0.1) is 5.82 Å². The summed E-state index contributed by atoms with van der Waals surface area (Å²) in [5.41, 5.74) is 4.94. The van der Waals surface area contributed by atoms with Crippen LogP contribution in [0.25, 0.3) is 0 Å². The molecular weight excluding hydrogens is 381 g/mol. The molecule has 0 aromatic heterocycles. The van der Waals surface area contributed by atoms with Gasteiger partial charge in [0, 0.05) is 0 Å². The second-order valence-corrected chi connectivity index (χ2v) is 8.66. The number of hydrazone groups is 1. The van der Waals surface area contributed by atoms with Crippen LogP contribution in [0.5, 0.6) is 0 Å². The summed E-state index contributed by atoms with van der Waals surface area (Å²) in [5.74, 6) is -0.638. The van der Waals surface area contributed by atoms with E-state index in [-0.39, 0.29) is 5.82 Å². The minimum Gasteiger partial charge on any atom is -0.271 e. The minimum absolute atomic E-state index is 0.313. The summed E-state index contributed by atoms with van der Waals surface area (Å²) >= 11 is 0. The van der Waals surface area contributed by atoms with Gasteiger partial charge in [-0.25, -0.2) is 18.2 Å². The lowest BCUT2D eigenvalue weighted by molar-refractivity contribution is -0.119. The molecule has 0 saturated carbocycles. The third-order valence-electron chi connectivity index (χ3n) is 4.15. The molecule has 0 unspecified atom stereocenters. The van der Waals surface area contributed by atoms with Gasteiger partial charge in [-0.05, 0) is 48.2 Å². The number of hydrogen-bond donors (Lipinski definition) is 1. The fourth-order valence-corrected chi connectivity index (χ4v) is 3.35. The predicted molar refractivity (Wildman–Crippen MR) is 109 cm³/mol. The maximum Gasteiger partial charge on any atom is 0.260 e. The number of nitrogens with one attached hydrogen (secondary N) is 1. The highest BCUT2D eigenvalue weighted by atomic mass is 32.2. The van der Waals surface area contributed by atoms with Crippen LogP contribution in [-0.2, 0) is 14.8 Å². The number of benzene rings is 2. The van der Waals surface area contributed by atoms with Crippen LogP contribution in [-0.4, -0.2) is 32.8 Å². The van der Waals surface area contributed by atoms with Crippen molar-refractivity contribution >= 4 is 27.3 Å². The van der Waals surface area contributed by atoms with E-state index < -0.39 is 22.5 Å². The number of hydrogen-bond acceptors (Lipinski definition) is 4. The molecule has 0 saturated heterocycles. The number of anilines is 1. The first kappa shape index (κ1) is 21.6. The molecule has 2 aromatic rings. The van der Waals surface area contributed by atoms with Gasteiger partial charge in [0.15, 0.2) is 0 Å². The van der Waals surface area contributed by atoms with E-state index in [1.54, 1.807) is 31.2 Å². The Balaban J connectivity index is 2.13. The van der Waals surface area contributed by atoms with Crippen LogP contribution in [0.15, 0.2) is 53.6 Å². The van der Waals surface area contributed by atoms with Crippen molar-refractivity contribution in [1.82, 2.24) is 5.43 Å². The average Bonchev–Trinajstić information content (AvgIpc) is 2.64. The molecule has 28 heavy (non-hydrogen) atoms. The molecule has 2 aromatic carbocycles. The van der Waals surface area contributed by atoms with Gasteiger partial charge >= 0.3 is 0 Å². The van der Waals surface area contributed by atoms with Gasteiger partial charge in [-0.1, -0.05) is 38.1 Å². The van der Waals surface area contributed by atoms with Crippen molar-refractivity contribution in [3.05, 3.63) is 65.5 Å². The lowest BCUT2D eigenvalue weighted by Crippen LogP contribution is -2.39. The monoisotopic (exact) mass is 405 g/mol. The van der Waals surface area contributed by atoms with Gasteiger partial charge in [0.2, 0.25) is 10.0 Å². The van der Waals surface area contributed by atoms with Crippen LogP contribution >= 0.6 is 0 Å². The van der Waals surface area contributed by atoms with E-state index in [0.717, 1.165) is 16.1 Å². The zero-order valence-electron chi connectivity index (χ0n) is 16.3. The van der Waals surface area contributed by atoms with Gasteiger partial charge < -0.3 is 0 Å². The van der Waals surface area contributed by atoms with Crippen LogP contribution < -0.4 is 9.73 Å². The summed E-state index contributed by atoms with van der Waals surface area (Å²) < 4.78 is 38.3. The van der Waals surface area contributed by atoms with Gasteiger partial charge in [0.1, 0.15) is 12.4 Å². The number of carbonyl (C=O) groups is 1. The summed E-state index contributed by atoms with van der Waals surface area (Å²) in [4.78, 5) is 12.3. The predicted octanol–water partition coefficient (Wildman–Crippen LogP) is 3.26. The van der Waals surface area contributed by atoms with Crippen LogP contribution in [0.1, 0.15) is 37.8 Å². The third kappa shape index (κ3) is 5.88. The molecule has 8 heteroatoms. The first-order chi connectivity index (χ1) is 13.1. The Morgan fingerprint density at radius 3 is 2.18 bits per heavy atom. The molecule has 150 valence electrons. The first-order valence-electron chi connectivity index (χ1n) is 8.74. The van der Waals surface area contributed by atoms with E-state index in [0.29, 0.717) is 22.9 Å². The highest BCUT2D eigenvalue weighted by Gasteiger charge is 2.21. The highest BCUT2D eigenvalue weighted by molar-refractivity contribution is 7.92. The van der Waals surface area contributed by atoms with Gasteiger partial charge in [-0.15, -0.1) is 0 Å². The van der Waals surface area contributed by atoms with Crippen molar-refractivity contribution < 1.29 is 17.6 Å². The normalized spacial score (nSPS) is 12.1. The van der Waals surface area contributed by atoms with E-state index in [1.165, 1.54) is 12.1 Å². The largest absolute Gasteiger partial charge is 0.271 e. The summed E-state index contributed by atoms with van der Waals surface area (Å²) in [6.07, 6.45) is 1.05. The standard InChI is InChI=1S/C20H24FN3O3S/c1-14(2)16-7-11-19(12-8-16)24(28(4,26)27)13-20(25)23-22-15(3)17-5-9-18(21)10-6-17/h5-12,14H,13H2,1-4H3,(H,23,25)/b22-15-. The second kappa shape index (κ2) is 8.97. The Hall–Kier alpha value is -2.74. The van der Waals surface area contributed by atoms with Crippen LogP contribution in [0.3, 0.4) is 0 Å². The zero-order chi connectivity index (χ0) is 20.9. The van der Waals surface area contributed by atoms with Gasteiger partial charge in [-0.2, -0.15) is 5.10 Å². The Bertz CT molecular complexity index is 953. The fourth-order valence-electron chi connectivity index (χ4n) is 2.49. The lowest BCUT2D eigenvalue weighted by atomic mass is 10.0. The molecule has 1 N–H and O–H groups in total. The highest BCUT2D eigenvalue weighted by Crippen LogP contribution is 2.21. The minimum atomic E-state index is -3.66. The van der Waals surface area contributed by atoms with E-state index in [1.807, 2.05) is 26.0 Å². The Morgan fingerprint density at radius 2 is 1.68 bits per heavy atom. The number of sulfonamides is 1. The molecule has 1 amide bonds.